The predicted octanol–water partition coefficient (Wildman–Crippen LogP) is 6.34. The van der Waals surface area contributed by atoms with Gasteiger partial charge in [-0.2, -0.15) is 0 Å². The van der Waals surface area contributed by atoms with Gasteiger partial charge in [-0.3, -0.25) is 0 Å². The normalized spacial score (nSPS) is 21.7. The van der Waals surface area contributed by atoms with Gasteiger partial charge in [0.05, 0.1) is 31.5 Å². The monoisotopic (exact) mass is 496 g/mol. The molecular weight excluding hydrogens is 456 g/mol. The van der Waals surface area contributed by atoms with Gasteiger partial charge in [-0.25, -0.2) is 4.79 Å². The van der Waals surface area contributed by atoms with Crippen molar-refractivity contribution in [1.29, 1.82) is 0 Å². The maximum absolute atomic E-state index is 12.7. The molecule has 6 heteroatoms. The van der Waals surface area contributed by atoms with Crippen LogP contribution in [0.3, 0.4) is 0 Å². The lowest BCUT2D eigenvalue weighted by atomic mass is 9.96. The molecule has 1 fully saturated rings. The quantitative estimate of drug-likeness (QED) is 0.252. The largest absolute Gasteiger partial charge is 0.497 e. The molecule has 5 atom stereocenters. The molecule has 0 aliphatic carbocycles. The van der Waals surface area contributed by atoms with Gasteiger partial charge in [0, 0.05) is 5.92 Å². The second kappa shape index (κ2) is 13.0. The summed E-state index contributed by atoms with van der Waals surface area (Å²) in [5, 5.41) is 0. The maximum atomic E-state index is 12.7. The Morgan fingerprint density at radius 3 is 2.36 bits per heavy atom. The topological polar surface area (TPSA) is 63.2 Å². The highest BCUT2D eigenvalue weighted by Crippen LogP contribution is 2.35. The first-order valence-electron chi connectivity index (χ1n) is 12.8. The van der Waals surface area contributed by atoms with Gasteiger partial charge < -0.3 is 23.7 Å². The van der Waals surface area contributed by atoms with Crippen molar-refractivity contribution in [2.24, 2.45) is 5.92 Å². The third-order valence-corrected chi connectivity index (χ3v) is 6.28. The van der Waals surface area contributed by atoms with E-state index >= 15 is 0 Å². The summed E-state index contributed by atoms with van der Waals surface area (Å²) in [5.41, 5.74) is 1.51. The predicted molar refractivity (Wildman–Crippen MR) is 140 cm³/mol. The minimum Gasteiger partial charge on any atom is -0.497 e. The first-order chi connectivity index (χ1) is 17.2. The van der Waals surface area contributed by atoms with Crippen molar-refractivity contribution in [1.82, 2.24) is 0 Å². The molecule has 1 unspecified atom stereocenters. The van der Waals surface area contributed by atoms with Crippen molar-refractivity contribution >= 4 is 5.97 Å². The summed E-state index contributed by atoms with van der Waals surface area (Å²) in [6.45, 7) is 10.4. The van der Waals surface area contributed by atoms with Crippen molar-refractivity contribution in [3.05, 3.63) is 77.9 Å². The van der Waals surface area contributed by atoms with Crippen molar-refractivity contribution < 1.29 is 28.5 Å². The van der Waals surface area contributed by atoms with Crippen LogP contribution in [0.2, 0.25) is 0 Å². The van der Waals surface area contributed by atoms with Crippen molar-refractivity contribution in [3.63, 3.8) is 0 Å². The minimum absolute atomic E-state index is 0.0386. The van der Waals surface area contributed by atoms with Crippen LogP contribution in [-0.2, 0) is 25.6 Å². The van der Waals surface area contributed by atoms with E-state index in [1.54, 1.807) is 19.2 Å². The highest BCUT2D eigenvalue weighted by atomic mass is 16.8. The fourth-order valence-electron chi connectivity index (χ4n) is 4.35. The molecule has 3 rings (SSSR count). The van der Waals surface area contributed by atoms with Gasteiger partial charge in [0.1, 0.15) is 18.0 Å². The summed E-state index contributed by atoms with van der Waals surface area (Å²) < 4.78 is 29.6. The van der Waals surface area contributed by atoms with Crippen LogP contribution in [0.5, 0.6) is 5.75 Å². The van der Waals surface area contributed by atoms with E-state index in [4.69, 9.17) is 23.7 Å². The molecule has 1 aliphatic heterocycles. The third kappa shape index (κ3) is 7.92. The molecule has 0 amide bonds. The fraction of sp³-hybridized carbons (Fsp3) is 0.500. The maximum Gasteiger partial charge on any atom is 0.338 e. The number of esters is 1. The first kappa shape index (κ1) is 27.9. The van der Waals surface area contributed by atoms with Crippen molar-refractivity contribution in [2.45, 2.75) is 84.3 Å². The molecule has 0 spiro atoms. The molecule has 0 bridgehead atoms. The van der Waals surface area contributed by atoms with E-state index in [1.165, 1.54) is 0 Å². The third-order valence-electron chi connectivity index (χ3n) is 6.28. The summed E-state index contributed by atoms with van der Waals surface area (Å²) in [6.07, 6.45) is 5.08. The number of carbonyl (C=O) groups is 1. The van der Waals surface area contributed by atoms with E-state index < -0.39 is 18.0 Å². The molecule has 1 saturated heterocycles. The van der Waals surface area contributed by atoms with E-state index in [-0.39, 0.29) is 24.1 Å². The van der Waals surface area contributed by atoms with Gasteiger partial charge in [-0.15, -0.1) is 0 Å². The molecule has 6 nitrogen and oxygen atoms in total. The minimum atomic E-state index is -0.602. The van der Waals surface area contributed by atoms with Crippen LogP contribution in [0, 0.1) is 5.92 Å². The second-order valence-electron chi connectivity index (χ2n) is 9.77. The van der Waals surface area contributed by atoms with Gasteiger partial charge in [-0.1, -0.05) is 62.8 Å². The summed E-state index contributed by atoms with van der Waals surface area (Å²) >= 11 is 0. The lowest BCUT2D eigenvalue weighted by Crippen LogP contribution is -2.31. The first-order valence-corrected chi connectivity index (χ1v) is 12.8. The standard InChI is InChI=1S/C30H40O6/c1-7-11-27-28(36-30(4,5)35-27)21(2)14-19-26(33-20-23-15-17-25(32-6)18-16-23)22(3)34-29(31)24-12-9-8-10-13-24/h8-10,12-19,21-22,26-28H,7,11,20H2,1-6H3/b19-14-/t21?,22-,26+,27-,28+/m0/s1. The highest BCUT2D eigenvalue weighted by Gasteiger charge is 2.42. The zero-order chi connectivity index (χ0) is 26.1. The Morgan fingerprint density at radius 1 is 1.03 bits per heavy atom. The number of ether oxygens (including phenoxy) is 5. The Balaban J connectivity index is 1.72. The van der Waals surface area contributed by atoms with Crippen molar-refractivity contribution in [2.75, 3.05) is 7.11 Å². The van der Waals surface area contributed by atoms with E-state index in [0.717, 1.165) is 24.2 Å². The summed E-state index contributed by atoms with van der Waals surface area (Å²) in [7, 11) is 1.64. The van der Waals surface area contributed by atoms with E-state index in [2.05, 4.69) is 19.9 Å². The summed E-state index contributed by atoms with van der Waals surface area (Å²) in [4.78, 5) is 12.7. The van der Waals surface area contributed by atoms with E-state index in [9.17, 15) is 4.79 Å². The number of methoxy groups -OCH3 is 1. The smallest absolute Gasteiger partial charge is 0.338 e. The van der Waals surface area contributed by atoms with Crippen LogP contribution < -0.4 is 4.74 Å². The summed E-state index contributed by atoms with van der Waals surface area (Å²) in [6, 6.07) is 16.7. The van der Waals surface area contributed by atoms with Crippen LogP contribution in [0.25, 0.3) is 0 Å². The van der Waals surface area contributed by atoms with E-state index in [1.807, 2.05) is 69.3 Å². The molecule has 36 heavy (non-hydrogen) atoms. The van der Waals surface area contributed by atoms with Crippen LogP contribution in [0.4, 0.5) is 0 Å². The zero-order valence-corrected chi connectivity index (χ0v) is 22.3. The Bertz CT molecular complexity index is 969. The van der Waals surface area contributed by atoms with Gasteiger partial charge in [-0.05, 0) is 57.0 Å². The average Bonchev–Trinajstić information content (AvgIpc) is 3.18. The van der Waals surface area contributed by atoms with Crippen LogP contribution in [0.1, 0.15) is 63.4 Å². The molecular formula is C30H40O6. The SMILES string of the molecule is CCC[C@@H]1OC(C)(C)O[C@@H]1C(C)/C=C\[C@@H](OCc1ccc(OC)cc1)[C@H](C)OC(=O)c1ccccc1. The van der Waals surface area contributed by atoms with Crippen LogP contribution in [-0.4, -0.2) is 43.3 Å². The molecule has 2 aromatic rings. The molecule has 1 aliphatic rings. The van der Waals surface area contributed by atoms with Gasteiger partial charge in [0.25, 0.3) is 0 Å². The summed E-state index contributed by atoms with van der Waals surface area (Å²) in [5.74, 6) is -0.0973. The average molecular weight is 497 g/mol. The Kier molecular flexibility index (Phi) is 10.1. The molecule has 0 saturated carbocycles. The Labute approximate surface area is 215 Å². The zero-order valence-electron chi connectivity index (χ0n) is 22.3. The number of hydrogen-bond donors (Lipinski definition) is 0. The molecule has 0 N–H and O–H groups in total. The molecule has 196 valence electrons. The second-order valence-corrected chi connectivity index (χ2v) is 9.77. The number of benzene rings is 2. The number of carbonyl (C=O) groups excluding carboxylic acids is 1. The Morgan fingerprint density at radius 2 is 1.72 bits per heavy atom. The number of hydrogen-bond acceptors (Lipinski definition) is 6. The molecule has 0 aromatic heterocycles. The van der Waals surface area contributed by atoms with Crippen LogP contribution in [0.15, 0.2) is 66.7 Å². The van der Waals surface area contributed by atoms with Gasteiger partial charge in [0.2, 0.25) is 0 Å². The fourth-order valence-corrected chi connectivity index (χ4v) is 4.35. The molecule has 1 heterocycles. The lowest BCUT2D eigenvalue weighted by molar-refractivity contribution is -0.149. The molecule has 2 aromatic carbocycles. The Hall–Kier alpha value is -2.67. The van der Waals surface area contributed by atoms with E-state index in [0.29, 0.717) is 12.2 Å². The molecule has 0 radical (unpaired) electrons. The lowest BCUT2D eigenvalue weighted by Gasteiger charge is -2.24. The number of rotatable bonds is 12. The highest BCUT2D eigenvalue weighted by molar-refractivity contribution is 5.89. The van der Waals surface area contributed by atoms with Crippen LogP contribution >= 0.6 is 0 Å². The van der Waals surface area contributed by atoms with Crippen molar-refractivity contribution in [3.8, 4) is 5.75 Å². The van der Waals surface area contributed by atoms with Gasteiger partial charge >= 0.3 is 5.97 Å². The van der Waals surface area contributed by atoms with Gasteiger partial charge in [0.15, 0.2) is 5.79 Å².